The highest BCUT2D eigenvalue weighted by atomic mass is 35.5. The lowest BCUT2D eigenvalue weighted by Crippen LogP contribution is -2.34. The smallest absolute Gasteiger partial charge is 0.251 e. The fourth-order valence-corrected chi connectivity index (χ4v) is 4.94. The van der Waals surface area contributed by atoms with Crippen LogP contribution < -0.4 is 5.32 Å². The third kappa shape index (κ3) is 5.94. The normalized spacial score (nSPS) is 20.5. The number of nitrogens with one attached hydrogen (secondary N) is 1. The van der Waals surface area contributed by atoms with Crippen molar-refractivity contribution >= 4 is 29.1 Å². The molecule has 1 aliphatic carbocycles. The maximum Gasteiger partial charge on any atom is 0.251 e. The van der Waals surface area contributed by atoms with Gasteiger partial charge in [-0.25, -0.2) is 4.39 Å². The van der Waals surface area contributed by atoms with Gasteiger partial charge in [-0.05, 0) is 87.5 Å². The highest BCUT2D eigenvalue weighted by Crippen LogP contribution is 2.39. The molecular formula is C23H27Cl2FN2O. The van der Waals surface area contributed by atoms with Crippen molar-refractivity contribution in [3.8, 4) is 0 Å². The summed E-state index contributed by atoms with van der Waals surface area (Å²) >= 11 is 12.0. The maximum absolute atomic E-state index is 13.7. The molecule has 0 bridgehead atoms. The van der Waals surface area contributed by atoms with Crippen LogP contribution in [0.25, 0.3) is 0 Å². The van der Waals surface area contributed by atoms with Crippen molar-refractivity contribution in [1.82, 2.24) is 10.2 Å². The third-order valence-electron chi connectivity index (χ3n) is 5.76. The molecule has 1 N–H and O–H groups in total. The Labute approximate surface area is 182 Å². The summed E-state index contributed by atoms with van der Waals surface area (Å²) in [6.07, 6.45) is 4.20. The van der Waals surface area contributed by atoms with Gasteiger partial charge in [-0.1, -0.05) is 35.3 Å². The number of carbonyl (C=O) groups excluding carboxylic acids is 1. The number of hydrogen-bond acceptors (Lipinski definition) is 2. The van der Waals surface area contributed by atoms with Gasteiger partial charge in [0.2, 0.25) is 0 Å². The van der Waals surface area contributed by atoms with Gasteiger partial charge in [-0.15, -0.1) is 0 Å². The van der Waals surface area contributed by atoms with E-state index in [1.807, 2.05) is 6.07 Å². The van der Waals surface area contributed by atoms with Crippen LogP contribution in [0.4, 0.5) is 4.39 Å². The average molecular weight is 437 g/mol. The molecule has 0 aromatic heterocycles. The second-order valence-corrected chi connectivity index (χ2v) is 8.99. The Morgan fingerprint density at radius 3 is 2.34 bits per heavy atom. The molecule has 1 fully saturated rings. The van der Waals surface area contributed by atoms with Crippen LogP contribution in [0, 0.1) is 17.7 Å². The monoisotopic (exact) mass is 436 g/mol. The van der Waals surface area contributed by atoms with Gasteiger partial charge < -0.3 is 10.2 Å². The molecule has 3 rings (SSSR count). The predicted molar refractivity (Wildman–Crippen MR) is 117 cm³/mol. The fourth-order valence-electron chi connectivity index (χ4n) is 4.41. The molecule has 0 spiro atoms. The number of nitrogens with zero attached hydrogens (tertiary/aromatic N) is 1. The van der Waals surface area contributed by atoms with Crippen molar-refractivity contribution in [2.24, 2.45) is 11.8 Å². The number of carbonyl (C=O) groups is 1. The summed E-state index contributed by atoms with van der Waals surface area (Å²) in [4.78, 5) is 14.6. The van der Waals surface area contributed by atoms with Crippen LogP contribution in [-0.2, 0) is 0 Å². The first-order valence-electron chi connectivity index (χ1n) is 9.99. The maximum atomic E-state index is 13.7. The van der Waals surface area contributed by atoms with Crippen molar-refractivity contribution in [3.63, 3.8) is 0 Å². The zero-order valence-corrected chi connectivity index (χ0v) is 18.3. The molecular weight excluding hydrogens is 410 g/mol. The van der Waals surface area contributed by atoms with Gasteiger partial charge >= 0.3 is 0 Å². The van der Waals surface area contributed by atoms with Crippen LogP contribution in [0.1, 0.15) is 47.6 Å². The van der Waals surface area contributed by atoms with E-state index in [1.54, 1.807) is 30.3 Å². The molecule has 1 amide bonds. The minimum atomic E-state index is -0.188. The van der Waals surface area contributed by atoms with E-state index in [0.29, 0.717) is 34.0 Å². The van der Waals surface area contributed by atoms with Gasteiger partial charge in [-0.2, -0.15) is 0 Å². The summed E-state index contributed by atoms with van der Waals surface area (Å²) in [5, 5.41) is 3.92. The first-order valence-corrected chi connectivity index (χ1v) is 10.7. The fraction of sp³-hybridized carbons (Fsp3) is 0.435. The number of hydrogen-bond donors (Lipinski definition) is 1. The topological polar surface area (TPSA) is 32.3 Å². The summed E-state index contributed by atoms with van der Waals surface area (Å²) in [6.45, 7) is 0.641. The highest BCUT2D eigenvalue weighted by molar-refractivity contribution is 6.35. The Hall–Kier alpha value is -1.62. The average Bonchev–Trinajstić information content (AvgIpc) is 2.66. The van der Waals surface area contributed by atoms with Crippen molar-refractivity contribution in [1.29, 1.82) is 0 Å². The van der Waals surface area contributed by atoms with E-state index in [4.69, 9.17) is 23.2 Å². The molecule has 0 heterocycles. The lowest BCUT2D eigenvalue weighted by molar-refractivity contribution is 0.0934. The van der Waals surface area contributed by atoms with Gasteiger partial charge in [0.05, 0.1) is 0 Å². The minimum absolute atomic E-state index is 0.151. The van der Waals surface area contributed by atoms with E-state index >= 15 is 0 Å². The van der Waals surface area contributed by atoms with Crippen LogP contribution >= 0.6 is 23.2 Å². The zero-order valence-electron chi connectivity index (χ0n) is 16.8. The van der Waals surface area contributed by atoms with Crippen LogP contribution in [0.5, 0.6) is 0 Å². The number of halogens is 3. The van der Waals surface area contributed by atoms with E-state index in [0.717, 1.165) is 31.2 Å². The molecule has 2 aromatic carbocycles. The number of benzene rings is 2. The Bertz CT molecular complexity index is 830. The SMILES string of the molecule is CN(C)C(c1cccc(F)c1)C1CCC(CNC(=O)c2cc(Cl)cc(Cl)c2)CC1. The van der Waals surface area contributed by atoms with Crippen molar-refractivity contribution in [3.05, 3.63) is 69.5 Å². The molecule has 0 saturated heterocycles. The highest BCUT2D eigenvalue weighted by Gasteiger charge is 2.30. The largest absolute Gasteiger partial charge is 0.352 e. The molecule has 29 heavy (non-hydrogen) atoms. The van der Waals surface area contributed by atoms with Crippen molar-refractivity contribution in [2.45, 2.75) is 31.7 Å². The predicted octanol–water partition coefficient (Wildman–Crippen LogP) is 5.97. The van der Waals surface area contributed by atoms with E-state index in [2.05, 4.69) is 24.3 Å². The first-order chi connectivity index (χ1) is 13.8. The molecule has 1 aliphatic rings. The number of amides is 1. The molecule has 3 nitrogen and oxygen atoms in total. The zero-order chi connectivity index (χ0) is 21.0. The first kappa shape index (κ1) is 22.1. The lowest BCUT2D eigenvalue weighted by Gasteiger charge is -2.37. The van der Waals surface area contributed by atoms with Gasteiger partial charge in [0.15, 0.2) is 0 Å². The summed E-state index contributed by atoms with van der Waals surface area (Å²) in [7, 11) is 4.11. The van der Waals surface area contributed by atoms with Gasteiger partial charge in [0.1, 0.15) is 5.82 Å². The molecule has 0 aliphatic heterocycles. The van der Waals surface area contributed by atoms with Gasteiger partial charge in [-0.3, -0.25) is 4.79 Å². The summed E-state index contributed by atoms with van der Waals surface area (Å²) in [5.41, 5.74) is 1.51. The van der Waals surface area contributed by atoms with Crippen molar-refractivity contribution in [2.75, 3.05) is 20.6 Å². The van der Waals surface area contributed by atoms with Gasteiger partial charge in [0, 0.05) is 28.2 Å². The van der Waals surface area contributed by atoms with Crippen LogP contribution in [0.3, 0.4) is 0 Å². The Morgan fingerprint density at radius 1 is 1.10 bits per heavy atom. The molecule has 0 radical (unpaired) electrons. The van der Waals surface area contributed by atoms with Crippen molar-refractivity contribution < 1.29 is 9.18 Å². The molecule has 1 unspecified atom stereocenters. The molecule has 1 saturated carbocycles. The minimum Gasteiger partial charge on any atom is -0.352 e. The Kier molecular flexibility index (Phi) is 7.55. The molecule has 156 valence electrons. The summed E-state index contributed by atoms with van der Waals surface area (Å²) < 4.78 is 13.7. The molecule has 1 atom stereocenters. The van der Waals surface area contributed by atoms with Crippen LogP contribution in [-0.4, -0.2) is 31.4 Å². The third-order valence-corrected chi connectivity index (χ3v) is 6.20. The summed E-state index contributed by atoms with van der Waals surface area (Å²) in [5.74, 6) is 0.583. The van der Waals surface area contributed by atoms with E-state index in [1.165, 1.54) is 6.07 Å². The number of rotatable bonds is 6. The standard InChI is InChI=1S/C23H27Cl2FN2O/c1-28(2)22(17-4-3-5-21(26)12-17)16-8-6-15(7-9-16)14-27-23(29)18-10-19(24)13-20(25)11-18/h3-5,10-13,15-16,22H,6-9,14H2,1-2H3,(H,27,29). The van der Waals surface area contributed by atoms with Crippen LogP contribution in [0.2, 0.25) is 10.0 Å². The Morgan fingerprint density at radius 2 is 1.76 bits per heavy atom. The van der Waals surface area contributed by atoms with E-state index in [-0.39, 0.29) is 17.8 Å². The summed E-state index contributed by atoms with van der Waals surface area (Å²) in [6, 6.07) is 12.0. The van der Waals surface area contributed by atoms with Gasteiger partial charge in [0.25, 0.3) is 5.91 Å². The van der Waals surface area contributed by atoms with Crippen LogP contribution in [0.15, 0.2) is 42.5 Å². The second kappa shape index (κ2) is 9.92. The molecule has 2 aromatic rings. The second-order valence-electron chi connectivity index (χ2n) is 8.11. The van der Waals surface area contributed by atoms with E-state index in [9.17, 15) is 9.18 Å². The Balaban J connectivity index is 1.55. The quantitative estimate of drug-likeness (QED) is 0.604. The van der Waals surface area contributed by atoms with E-state index < -0.39 is 0 Å². The lowest BCUT2D eigenvalue weighted by atomic mass is 9.76. The molecule has 6 heteroatoms.